The van der Waals surface area contributed by atoms with Crippen LogP contribution in [-0.2, 0) is 17.7 Å². The Morgan fingerprint density at radius 3 is 3.00 bits per heavy atom. The van der Waals surface area contributed by atoms with Crippen molar-refractivity contribution in [3.05, 3.63) is 58.4 Å². The van der Waals surface area contributed by atoms with E-state index in [1.807, 2.05) is 23.2 Å². The van der Waals surface area contributed by atoms with Crippen LogP contribution in [0, 0.1) is 0 Å². The van der Waals surface area contributed by atoms with Gasteiger partial charge >= 0.3 is 0 Å². The van der Waals surface area contributed by atoms with Crippen LogP contribution in [0.3, 0.4) is 0 Å². The first-order valence-corrected chi connectivity index (χ1v) is 9.80. The molecule has 0 N–H and O–H groups in total. The summed E-state index contributed by atoms with van der Waals surface area (Å²) in [5.74, 6) is 0.0188. The standard InChI is InChI=1S/C21H24ClN3O2/c1-27-14-18-3-2-7-24(18)13-15-9-19(12-23-11-15)25-8-6-16-10-17(22)4-5-20(16)21(25)26/h4-5,9-12,18H,2-3,6-8,13-14H2,1H3/t18-/m0/s1. The highest BCUT2D eigenvalue weighted by Gasteiger charge is 2.27. The second-order valence-electron chi connectivity index (χ2n) is 7.28. The number of halogens is 1. The van der Waals surface area contributed by atoms with Crippen molar-refractivity contribution < 1.29 is 9.53 Å². The smallest absolute Gasteiger partial charge is 0.258 e. The highest BCUT2D eigenvalue weighted by molar-refractivity contribution is 6.30. The zero-order valence-electron chi connectivity index (χ0n) is 15.5. The number of amides is 1. The van der Waals surface area contributed by atoms with Gasteiger partial charge in [-0.3, -0.25) is 14.7 Å². The third kappa shape index (κ3) is 3.86. The summed E-state index contributed by atoms with van der Waals surface area (Å²) in [7, 11) is 1.76. The van der Waals surface area contributed by atoms with E-state index in [1.165, 1.54) is 12.8 Å². The predicted octanol–water partition coefficient (Wildman–Crippen LogP) is 3.55. The molecule has 4 rings (SSSR count). The maximum Gasteiger partial charge on any atom is 0.258 e. The maximum absolute atomic E-state index is 12.9. The zero-order valence-corrected chi connectivity index (χ0v) is 16.3. The number of aromatic nitrogens is 1. The maximum atomic E-state index is 12.9. The molecule has 1 atom stereocenters. The Morgan fingerprint density at radius 2 is 2.15 bits per heavy atom. The summed E-state index contributed by atoms with van der Waals surface area (Å²) in [6.07, 6.45) is 6.84. The SMILES string of the molecule is COC[C@@H]1CCCN1Cc1cncc(N2CCc3cc(Cl)ccc3C2=O)c1. The summed E-state index contributed by atoms with van der Waals surface area (Å²) in [6.45, 7) is 3.32. The van der Waals surface area contributed by atoms with E-state index in [9.17, 15) is 4.79 Å². The molecule has 3 heterocycles. The zero-order chi connectivity index (χ0) is 18.8. The number of pyridine rings is 1. The van der Waals surface area contributed by atoms with E-state index >= 15 is 0 Å². The van der Waals surface area contributed by atoms with Gasteiger partial charge in [0.05, 0.1) is 18.5 Å². The van der Waals surface area contributed by atoms with Crippen LogP contribution in [0.15, 0.2) is 36.7 Å². The van der Waals surface area contributed by atoms with Crippen LogP contribution in [0.25, 0.3) is 0 Å². The molecule has 142 valence electrons. The Labute approximate surface area is 164 Å². The van der Waals surface area contributed by atoms with Crippen molar-refractivity contribution in [1.82, 2.24) is 9.88 Å². The molecule has 0 aliphatic carbocycles. The molecule has 0 saturated carbocycles. The van der Waals surface area contributed by atoms with Gasteiger partial charge in [-0.25, -0.2) is 0 Å². The van der Waals surface area contributed by atoms with Gasteiger partial charge in [0.2, 0.25) is 0 Å². The minimum absolute atomic E-state index is 0.0188. The van der Waals surface area contributed by atoms with Gasteiger partial charge < -0.3 is 9.64 Å². The lowest BCUT2D eigenvalue weighted by Gasteiger charge is -2.29. The number of hydrogen-bond acceptors (Lipinski definition) is 4. The van der Waals surface area contributed by atoms with Crippen molar-refractivity contribution in [2.24, 2.45) is 0 Å². The Kier molecular flexibility index (Phi) is 5.43. The van der Waals surface area contributed by atoms with Gasteiger partial charge in [0.1, 0.15) is 0 Å². The molecule has 5 nitrogen and oxygen atoms in total. The molecule has 1 aromatic carbocycles. The van der Waals surface area contributed by atoms with Gasteiger partial charge in [0.25, 0.3) is 5.91 Å². The second-order valence-corrected chi connectivity index (χ2v) is 7.72. The molecular weight excluding hydrogens is 362 g/mol. The van der Waals surface area contributed by atoms with Crippen molar-refractivity contribution in [2.45, 2.75) is 31.8 Å². The Bertz CT molecular complexity index is 842. The van der Waals surface area contributed by atoms with Crippen molar-refractivity contribution in [3.63, 3.8) is 0 Å². The average Bonchev–Trinajstić information content (AvgIpc) is 3.09. The summed E-state index contributed by atoms with van der Waals surface area (Å²) >= 11 is 6.07. The van der Waals surface area contributed by atoms with Gasteiger partial charge in [0, 0.05) is 43.0 Å². The number of carbonyl (C=O) groups excluding carboxylic acids is 1. The van der Waals surface area contributed by atoms with Crippen molar-refractivity contribution >= 4 is 23.2 Å². The number of likely N-dealkylation sites (tertiary alicyclic amines) is 1. The molecule has 0 radical (unpaired) electrons. The molecular formula is C21H24ClN3O2. The van der Waals surface area contributed by atoms with Crippen molar-refractivity contribution in [3.8, 4) is 0 Å². The minimum Gasteiger partial charge on any atom is -0.383 e. The molecule has 0 unspecified atom stereocenters. The number of rotatable bonds is 5. The molecule has 2 aliphatic heterocycles. The fourth-order valence-corrected chi connectivity index (χ4v) is 4.32. The fourth-order valence-electron chi connectivity index (χ4n) is 4.13. The van der Waals surface area contributed by atoms with Crippen molar-refractivity contribution in [2.75, 3.05) is 31.7 Å². The molecule has 2 aromatic rings. The second kappa shape index (κ2) is 7.97. The topological polar surface area (TPSA) is 45.7 Å². The highest BCUT2D eigenvalue weighted by Crippen LogP contribution is 2.27. The monoisotopic (exact) mass is 385 g/mol. The number of carbonyl (C=O) groups is 1. The first-order valence-electron chi connectivity index (χ1n) is 9.43. The van der Waals surface area contributed by atoms with E-state index < -0.39 is 0 Å². The normalized spacial score (nSPS) is 20.1. The van der Waals surface area contributed by atoms with Crippen LogP contribution in [0.1, 0.15) is 34.3 Å². The molecule has 1 aromatic heterocycles. The van der Waals surface area contributed by atoms with Crippen LogP contribution >= 0.6 is 11.6 Å². The van der Waals surface area contributed by atoms with Gasteiger partial charge in [-0.15, -0.1) is 0 Å². The molecule has 1 fully saturated rings. The van der Waals surface area contributed by atoms with E-state index in [1.54, 1.807) is 19.4 Å². The van der Waals surface area contributed by atoms with Crippen LogP contribution in [0.5, 0.6) is 0 Å². The number of anilines is 1. The van der Waals surface area contributed by atoms with E-state index in [-0.39, 0.29) is 5.91 Å². The number of methoxy groups -OCH3 is 1. The van der Waals surface area contributed by atoms with Crippen LogP contribution < -0.4 is 4.90 Å². The summed E-state index contributed by atoms with van der Waals surface area (Å²) in [5, 5.41) is 0.676. The molecule has 2 aliphatic rings. The van der Waals surface area contributed by atoms with E-state index in [0.717, 1.165) is 48.5 Å². The number of fused-ring (bicyclic) bond motifs is 1. The van der Waals surface area contributed by atoms with E-state index in [0.29, 0.717) is 17.6 Å². The predicted molar refractivity (Wildman–Crippen MR) is 106 cm³/mol. The van der Waals surface area contributed by atoms with E-state index in [4.69, 9.17) is 16.3 Å². The lowest BCUT2D eigenvalue weighted by atomic mass is 9.98. The van der Waals surface area contributed by atoms with Gasteiger partial charge in [0.15, 0.2) is 0 Å². The summed E-state index contributed by atoms with van der Waals surface area (Å²) in [5.41, 5.74) is 3.74. The average molecular weight is 386 g/mol. The molecule has 6 heteroatoms. The first kappa shape index (κ1) is 18.4. The van der Waals surface area contributed by atoms with Gasteiger partial charge in [-0.1, -0.05) is 11.6 Å². The fraction of sp³-hybridized carbons (Fsp3) is 0.429. The minimum atomic E-state index is 0.0188. The Balaban J connectivity index is 1.53. The number of ether oxygens (including phenoxy) is 1. The Morgan fingerprint density at radius 1 is 1.26 bits per heavy atom. The molecule has 27 heavy (non-hydrogen) atoms. The lowest BCUT2D eigenvalue weighted by Crippen LogP contribution is -2.38. The number of nitrogens with zero attached hydrogens (tertiary/aromatic N) is 3. The highest BCUT2D eigenvalue weighted by atomic mass is 35.5. The van der Waals surface area contributed by atoms with E-state index in [2.05, 4.69) is 16.0 Å². The Hall–Kier alpha value is -1.95. The summed E-state index contributed by atoms with van der Waals surface area (Å²) in [6, 6.07) is 8.05. The molecule has 0 bridgehead atoms. The van der Waals surface area contributed by atoms with Crippen LogP contribution in [0.4, 0.5) is 5.69 Å². The third-order valence-electron chi connectivity index (χ3n) is 5.48. The summed E-state index contributed by atoms with van der Waals surface area (Å²) in [4.78, 5) is 21.6. The largest absolute Gasteiger partial charge is 0.383 e. The number of hydrogen-bond donors (Lipinski definition) is 0. The first-order chi connectivity index (χ1) is 13.2. The number of benzene rings is 1. The van der Waals surface area contributed by atoms with Crippen molar-refractivity contribution in [1.29, 1.82) is 0 Å². The van der Waals surface area contributed by atoms with Crippen LogP contribution in [0.2, 0.25) is 5.02 Å². The summed E-state index contributed by atoms with van der Waals surface area (Å²) < 4.78 is 5.35. The molecule has 0 spiro atoms. The molecule has 1 saturated heterocycles. The quantitative estimate of drug-likeness (QED) is 0.789. The third-order valence-corrected chi connectivity index (χ3v) is 5.72. The lowest BCUT2D eigenvalue weighted by molar-refractivity contribution is 0.0980. The van der Waals surface area contributed by atoms with Gasteiger partial charge in [-0.2, -0.15) is 0 Å². The van der Waals surface area contributed by atoms with Crippen LogP contribution in [-0.4, -0.2) is 48.6 Å². The van der Waals surface area contributed by atoms with Gasteiger partial charge in [-0.05, 0) is 61.2 Å². The molecule has 1 amide bonds.